The first kappa shape index (κ1) is 13.8. The predicted octanol–water partition coefficient (Wildman–Crippen LogP) is 0.892. The number of hydrogen-bond donors (Lipinski definition) is 1. The summed E-state index contributed by atoms with van der Waals surface area (Å²) in [6.07, 6.45) is 0. The number of nitrogens with zero attached hydrogens (tertiary/aromatic N) is 3. The summed E-state index contributed by atoms with van der Waals surface area (Å²) in [6.45, 7) is 5.94. The largest absolute Gasteiger partial charge is 0.388 e. The summed E-state index contributed by atoms with van der Waals surface area (Å²) in [5, 5.41) is 0. The van der Waals surface area contributed by atoms with Gasteiger partial charge in [-0.15, -0.1) is 0 Å². The number of hydrogen-bond acceptors (Lipinski definition) is 5. The Kier molecular flexibility index (Phi) is 5.24. The normalized spacial score (nSPS) is 10.3. The van der Waals surface area contributed by atoms with Gasteiger partial charge in [-0.2, -0.15) is 0 Å². The molecule has 1 heterocycles. The van der Waals surface area contributed by atoms with E-state index in [1.54, 1.807) is 6.07 Å². The molecule has 0 aliphatic heterocycles. The van der Waals surface area contributed by atoms with E-state index in [0.717, 1.165) is 12.2 Å². The molecular formula is C11H18N4OS. The van der Waals surface area contributed by atoms with Crippen LogP contribution in [0.5, 0.6) is 0 Å². The first-order chi connectivity index (χ1) is 8.04. The summed E-state index contributed by atoms with van der Waals surface area (Å²) in [5.41, 5.74) is 7.02. The number of ether oxygens (including phenoxy) is 1. The monoisotopic (exact) mass is 254 g/mol. The minimum absolute atomic E-state index is 0.287. The van der Waals surface area contributed by atoms with Gasteiger partial charge < -0.3 is 15.4 Å². The van der Waals surface area contributed by atoms with Crippen molar-refractivity contribution in [2.75, 3.05) is 31.7 Å². The van der Waals surface area contributed by atoms with Crippen LogP contribution in [0.2, 0.25) is 0 Å². The van der Waals surface area contributed by atoms with Crippen molar-refractivity contribution in [1.29, 1.82) is 0 Å². The molecule has 0 aliphatic rings. The van der Waals surface area contributed by atoms with Gasteiger partial charge in [-0.05, 0) is 19.9 Å². The molecule has 2 N–H and O–H groups in total. The predicted molar refractivity (Wildman–Crippen MR) is 72.4 cm³/mol. The second-order valence-electron chi connectivity index (χ2n) is 3.68. The fraction of sp³-hybridized carbons (Fsp3) is 0.545. The van der Waals surface area contributed by atoms with E-state index in [1.165, 1.54) is 0 Å². The third kappa shape index (κ3) is 4.24. The van der Waals surface area contributed by atoms with E-state index in [1.807, 2.05) is 25.8 Å². The first-order valence-corrected chi connectivity index (χ1v) is 5.89. The van der Waals surface area contributed by atoms with Crippen molar-refractivity contribution in [3.8, 4) is 0 Å². The molecule has 0 amide bonds. The summed E-state index contributed by atoms with van der Waals surface area (Å²) in [4.78, 5) is 10.9. The zero-order chi connectivity index (χ0) is 12.8. The molecular weight excluding hydrogens is 236 g/mol. The van der Waals surface area contributed by atoms with Crippen LogP contribution < -0.4 is 10.6 Å². The Labute approximate surface area is 107 Å². The molecule has 0 saturated heterocycles. The molecule has 1 aromatic rings. The molecule has 0 unspecified atom stereocenters. The molecule has 1 aromatic heterocycles. The minimum atomic E-state index is 0.287. The maximum atomic E-state index is 5.57. The van der Waals surface area contributed by atoms with Crippen LogP contribution in [0.4, 0.5) is 5.95 Å². The standard InChI is InChI=1S/C11H18N4OS/c1-4-16-6-5-15(3)11-13-8(2)7-9(14-11)10(12)17/h7H,4-6H2,1-3H3,(H2,12,17). The van der Waals surface area contributed by atoms with Gasteiger partial charge in [0.2, 0.25) is 5.95 Å². The van der Waals surface area contributed by atoms with Gasteiger partial charge in [0.25, 0.3) is 0 Å². The maximum Gasteiger partial charge on any atom is 0.226 e. The van der Waals surface area contributed by atoms with Gasteiger partial charge in [-0.1, -0.05) is 12.2 Å². The van der Waals surface area contributed by atoms with Crippen LogP contribution in [0.25, 0.3) is 0 Å². The molecule has 0 fully saturated rings. The lowest BCUT2D eigenvalue weighted by molar-refractivity contribution is 0.154. The van der Waals surface area contributed by atoms with Crippen molar-refractivity contribution < 1.29 is 4.74 Å². The summed E-state index contributed by atoms with van der Waals surface area (Å²) in [6, 6.07) is 1.78. The molecule has 0 radical (unpaired) electrons. The molecule has 0 spiro atoms. The number of aromatic nitrogens is 2. The minimum Gasteiger partial charge on any atom is -0.388 e. The Balaban J connectivity index is 2.78. The van der Waals surface area contributed by atoms with Crippen LogP contribution in [0.3, 0.4) is 0 Å². The molecule has 5 nitrogen and oxygen atoms in total. The highest BCUT2D eigenvalue weighted by Gasteiger charge is 2.08. The Morgan fingerprint density at radius 2 is 2.24 bits per heavy atom. The van der Waals surface area contributed by atoms with Crippen LogP contribution in [0.15, 0.2) is 6.07 Å². The van der Waals surface area contributed by atoms with Crippen LogP contribution in [0, 0.1) is 6.92 Å². The summed E-state index contributed by atoms with van der Waals surface area (Å²) in [7, 11) is 1.91. The summed E-state index contributed by atoms with van der Waals surface area (Å²) in [5.74, 6) is 0.618. The molecule has 0 saturated carbocycles. The van der Waals surface area contributed by atoms with E-state index >= 15 is 0 Å². The molecule has 17 heavy (non-hydrogen) atoms. The molecule has 0 atom stereocenters. The number of nitrogens with two attached hydrogens (primary N) is 1. The van der Waals surface area contributed by atoms with E-state index in [-0.39, 0.29) is 4.99 Å². The number of thiocarbonyl (C=S) groups is 1. The zero-order valence-corrected chi connectivity index (χ0v) is 11.3. The van der Waals surface area contributed by atoms with Gasteiger partial charge in [-0.25, -0.2) is 9.97 Å². The third-order valence-electron chi connectivity index (χ3n) is 2.21. The zero-order valence-electron chi connectivity index (χ0n) is 10.4. The van der Waals surface area contributed by atoms with Crippen molar-refractivity contribution >= 4 is 23.2 Å². The van der Waals surface area contributed by atoms with E-state index in [9.17, 15) is 0 Å². The SMILES string of the molecule is CCOCCN(C)c1nc(C)cc(C(N)=S)n1. The Morgan fingerprint density at radius 3 is 2.82 bits per heavy atom. The fourth-order valence-corrected chi connectivity index (χ4v) is 1.40. The van der Waals surface area contributed by atoms with Gasteiger partial charge in [-0.3, -0.25) is 0 Å². The number of anilines is 1. The van der Waals surface area contributed by atoms with Gasteiger partial charge >= 0.3 is 0 Å². The van der Waals surface area contributed by atoms with Gasteiger partial charge in [0.15, 0.2) is 0 Å². The summed E-state index contributed by atoms with van der Waals surface area (Å²) >= 11 is 4.92. The van der Waals surface area contributed by atoms with Crippen molar-refractivity contribution in [3.05, 3.63) is 17.5 Å². The Bertz CT molecular complexity index is 397. The van der Waals surface area contributed by atoms with E-state index in [0.29, 0.717) is 24.9 Å². The molecule has 6 heteroatoms. The lowest BCUT2D eigenvalue weighted by Gasteiger charge is -2.17. The molecule has 0 bridgehead atoms. The van der Waals surface area contributed by atoms with Gasteiger partial charge in [0, 0.05) is 25.9 Å². The summed E-state index contributed by atoms with van der Waals surface area (Å²) < 4.78 is 5.29. The lowest BCUT2D eigenvalue weighted by Crippen LogP contribution is -2.26. The highest BCUT2D eigenvalue weighted by Crippen LogP contribution is 2.08. The van der Waals surface area contributed by atoms with Gasteiger partial charge in [0.1, 0.15) is 10.7 Å². The van der Waals surface area contributed by atoms with Crippen molar-refractivity contribution in [1.82, 2.24) is 9.97 Å². The highest BCUT2D eigenvalue weighted by molar-refractivity contribution is 7.80. The van der Waals surface area contributed by atoms with Gasteiger partial charge in [0.05, 0.1) is 6.61 Å². The van der Waals surface area contributed by atoms with Crippen molar-refractivity contribution in [2.45, 2.75) is 13.8 Å². The van der Waals surface area contributed by atoms with E-state index in [2.05, 4.69) is 9.97 Å². The third-order valence-corrected chi connectivity index (χ3v) is 2.42. The molecule has 0 aliphatic carbocycles. The number of likely N-dealkylation sites (N-methyl/N-ethyl adjacent to an activating group) is 1. The number of rotatable bonds is 6. The van der Waals surface area contributed by atoms with E-state index in [4.69, 9.17) is 22.7 Å². The lowest BCUT2D eigenvalue weighted by atomic mass is 10.3. The maximum absolute atomic E-state index is 5.57. The average Bonchev–Trinajstić information content (AvgIpc) is 2.28. The molecule has 94 valence electrons. The smallest absolute Gasteiger partial charge is 0.226 e. The van der Waals surface area contributed by atoms with Crippen LogP contribution >= 0.6 is 12.2 Å². The van der Waals surface area contributed by atoms with E-state index < -0.39 is 0 Å². The second kappa shape index (κ2) is 6.46. The van der Waals surface area contributed by atoms with Crippen molar-refractivity contribution in [2.24, 2.45) is 5.73 Å². The van der Waals surface area contributed by atoms with Crippen LogP contribution in [-0.4, -0.2) is 41.8 Å². The topological polar surface area (TPSA) is 64.3 Å². The molecule has 1 rings (SSSR count). The van der Waals surface area contributed by atoms with Crippen LogP contribution in [-0.2, 0) is 4.74 Å². The van der Waals surface area contributed by atoms with Crippen molar-refractivity contribution in [3.63, 3.8) is 0 Å². The fourth-order valence-electron chi connectivity index (χ4n) is 1.30. The highest BCUT2D eigenvalue weighted by atomic mass is 32.1. The Morgan fingerprint density at radius 1 is 1.53 bits per heavy atom. The Hall–Kier alpha value is -1.27. The number of aryl methyl sites for hydroxylation is 1. The quantitative estimate of drug-likeness (QED) is 0.601. The average molecular weight is 254 g/mol. The molecule has 0 aromatic carbocycles. The second-order valence-corrected chi connectivity index (χ2v) is 4.12. The van der Waals surface area contributed by atoms with Crippen LogP contribution in [0.1, 0.15) is 18.3 Å². The first-order valence-electron chi connectivity index (χ1n) is 5.49.